The fourth-order valence-electron chi connectivity index (χ4n) is 2.09. The molecule has 4 nitrogen and oxygen atoms in total. The van der Waals surface area contributed by atoms with E-state index in [4.69, 9.17) is 14.6 Å². The SMILES string of the molecule is COc1cc2c(cc1C(C)(C)CC(=O)O)OCS2. The Bertz CT molecular complexity index is 482. The van der Waals surface area contributed by atoms with Crippen LogP contribution in [-0.2, 0) is 10.2 Å². The zero-order chi connectivity index (χ0) is 13.3. The molecule has 1 aliphatic rings. The molecule has 0 aromatic heterocycles. The van der Waals surface area contributed by atoms with E-state index in [1.54, 1.807) is 18.9 Å². The number of ether oxygens (including phenoxy) is 2. The standard InChI is InChI=1S/C13H16O4S/c1-13(2,6-12(14)15)8-4-10-11(18-7-17-10)5-9(8)16-3/h4-5H,6-7H2,1-3H3,(H,14,15). The third kappa shape index (κ3) is 2.41. The maximum atomic E-state index is 10.9. The zero-order valence-corrected chi connectivity index (χ0v) is 11.5. The molecule has 1 aromatic rings. The lowest BCUT2D eigenvalue weighted by atomic mass is 9.81. The molecule has 0 radical (unpaired) electrons. The van der Waals surface area contributed by atoms with Crippen LogP contribution in [0.1, 0.15) is 25.8 Å². The van der Waals surface area contributed by atoms with E-state index in [2.05, 4.69) is 0 Å². The fraction of sp³-hybridized carbons (Fsp3) is 0.462. The predicted molar refractivity (Wildman–Crippen MR) is 69.6 cm³/mol. The lowest BCUT2D eigenvalue weighted by molar-refractivity contribution is -0.138. The first kappa shape index (κ1) is 13.1. The minimum absolute atomic E-state index is 0.0509. The van der Waals surface area contributed by atoms with Crippen LogP contribution >= 0.6 is 11.8 Å². The number of hydrogen-bond donors (Lipinski definition) is 1. The summed E-state index contributed by atoms with van der Waals surface area (Å²) in [5, 5.41) is 8.99. The number of hydrogen-bond acceptors (Lipinski definition) is 4. The average molecular weight is 268 g/mol. The molecule has 2 rings (SSSR count). The predicted octanol–water partition coefficient (Wildman–Crippen LogP) is 2.89. The molecule has 98 valence electrons. The second kappa shape index (κ2) is 4.72. The van der Waals surface area contributed by atoms with E-state index in [-0.39, 0.29) is 6.42 Å². The quantitative estimate of drug-likeness (QED) is 0.910. The van der Waals surface area contributed by atoms with E-state index in [0.717, 1.165) is 22.0 Å². The van der Waals surface area contributed by atoms with Gasteiger partial charge in [-0.3, -0.25) is 4.79 Å². The van der Waals surface area contributed by atoms with Crippen molar-refractivity contribution in [3.8, 4) is 11.5 Å². The van der Waals surface area contributed by atoms with Gasteiger partial charge in [0.2, 0.25) is 0 Å². The van der Waals surface area contributed by atoms with Gasteiger partial charge in [-0.25, -0.2) is 0 Å². The Morgan fingerprint density at radius 1 is 1.56 bits per heavy atom. The van der Waals surface area contributed by atoms with Gasteiger partial charge >= 0.3 is 5.97 Å². The second-order valence-corrected chi connectivity index (χ2v) is 5.82. The summed E-state index contributed by atoms with van der Waals surface area (Å²) < 4.78 is 10.9. The summed E-state index contributed by atoms with van der Waals surface area (Å²) in [4.78, 5) is 12.0. The van der Waals surface area contributed by atoms with E-state index in [1.807, 2.05) is 26.0 Å². The highest BCUT2D eigenvalue weighted by Gasteiger charge is 2.30. The molecule has 0 saturated heterocycles. The first-order chi connectivity index (χ1) is 8.44. The van der Waals surface area contributed by atoms with Crippen LogP contribution in [0.5, 0.6) is 11.5 Å². The van der Waals surface area contributed by atoms with Gasteiger partial charge < -0.3 is 14.6 Å². The largest absolute Gasteiger partial charge is 0.496 e. The van der Waals surface area contributed by atoms with Gasteiger partial charge in [-0.15, -0.1) is 0 Å². The molecule has 0 unspecified atom stereocenters. The lowest BCUT2D eigenvalue weighted by Crippen LogP contribution is -2.22. The first-order valence-corrected chi connectivity index (χ1v) is 6.62. The van der Waals surface area contributed by atoms with Gasteiger partial charge in [0.25, 0.3) is 0 Å². The Morgan fingerprint density at radius 3 is 2.89 bits per heavy atom. The van der Waals surface area contributed by atoms with Crippen LogP contribution in [0, 0.1) is 0 Å². The van der Waals surface area contributed by atoms with Crippen LogP contribution in [0.15, 0.2) is 17.0 Å². The second-order valence-electron chi connectivity index (χ2n) is 4.86. The van der Waals surface area contributed by atoms with E-state index in [0.29, 0.717) is 5.94 Å². The van der Waals surface area contributed by atoms with Crippen LogP contribution in [0.3, 0.4) is 0 Å². The number of aliphatic carboxylic acids is 1. The number of thioether (sulfide) groups is 1. The highest BCUT2D eigenvalue weighted by atomic mass is 32.2. The molecule has 5 heteroatoms. The summed E-state index contributed by atoms with van der Waals surface area (Å²) in [7, 11) is 1.60. The molecular weight excluding hydrogens is 252 g/mol. The molecule has 1 N–H and O–H groups in total. The Morgan fingerprint density at radius 2 is 2.28 bits per heavy atom. The van der Waals surface area contributed by atoms with Gasteiger partial charge in [-0.1, -0.05) is 25.6 Å². The summed E-state index contributed by atoms with van der Waals surface area (Å²) in [6.07, 6.45) is 0.0509. The molecule has 0 bridgehead atoms. The van der Waals surface area contributed by atoms with Crippen molar-refractivity contribution < 1.29 is 19.4 Å². The van der Waals surface area contributed by atoms with E-state index in [9.17, 15) is 4.79 Å². The van der Waals surface area contributed by atoms with Gasteiger partial charge in [-0.2, -0.15) is 0 Å². The highest BCUT2D eigenvalue weighted by Crippen LogP contribution is 2.44. The Balaban J connectivity index is 2.46. The van der Waals surface area contributed by atoms with Crippen LogP contribution in [0.4, 0.5) is 0 Å². The van der Waals surface area contributed by atoms with Gasteiger partial charge in [0.15, 0.2) is 0 Å². The number of methoxy groups -OCH3 is 1. The molecule has 1 heterocycles. The molecule has 0 fully saturated rings. The van der Waals surface area contributed by atoms with Gasteiger partial charge in [-0.05, 0) is 12.1 Å². The fourth-order valence-corrected chi connectivity index (χ4v) is 2.86. The minimum Gasteiger partial charge on any atom is -0.496 e. The van der Waals surface area contributed by atoms with Crippen LogP contribution in [0.2, 0.25) is 0 Å². The number of fused-ring (bicyclic) bond motifs is 1. The molecule has 1 aromatic carbocycles. The normalized spacial score (nSPS) is 13.9. The maximum Gasteiger partial charge on any atom is 0.304 e. The van der Waals surface area contributed by atoms with Crippen molar-refractivity contribution in [3.05, 3.63) is 17.7 Å². The highest BCUT2D eigenvalue weighted by molar-refractivity contribution is 7.99. The molecule has 1 aliphatic heterocycles. The lowest BCUT2D eigenvalue weighted by Gasteiger charge is -2.25. The van der Waals surface area contributed by atoms with E-state index >= 15 is 0 Å². The number of carboxylic acid groups (broad SMARTS) is 1. The number of carboxylic acids is 1. The molecule has 0 amide bonds. The molecule has 0 spiro atoms. The van der Waals surface area contributed by atoms with Gasteiger partial charge in [0.05, 0.1) is 18.4 Å². The molecule has 0 atom stereocenters. The van der Waals surface area contributed by atoms with Crippen LogP contribution < -0.4 is 9.47 Å². The van der Waals surface area contributed by atoms with E-state index in [1.165, 1.54) is 0 Å². The molecular formula is C13H16O4S. The summed E-state index contributed by atoms with van der Waals surface area (Å²) in [5.74, 6) is 1.31. The van der Waals surface area contributed by atoms with Crippen molar-refractivity contribution in [2.45, 2.75) is 30.6 Å². The smallest absolute Gasteiger partial charge is 0.304 e. The topological polar surface area (TPSA) is 55.8 Å². The monoisotopic (exact) mass is 268 g/mol. The van der Waals surface area contributed by atoms with E-state index < -0.39 is 11.4 Å². The summed E-state index contributed by atoms with van der Waals surface area (Å²) in [6, 6.07) is 3.82. The average Bonchev–Trinajstić information content (AvgIpc) is 2.72. The number of rotatable bonds is 4. The van der Waals surface area contributed by atoms with Gasteiger partial charge in [0, 0.05) is 11.0 Å². The molecule has 0 saturated carbocycles. The Labute approximate surface area is 110 Å². The first-order valence-electron chi connectivity index (χ1n) is 5.64. The summed E-state index contributed by atoms with van der Waals surface area (Å²) in [5.41, 5.74) is 0.372. The number of carbonyl (C=O) groups is 1. The Kier molecular flexibility index (Phi) is 3.43. The zero-order valence-electron chi connectivity index (χ0n) is 10.6. The van der Waals surface area contributed by atoms with Crippen LogP contribution in [0.25, 0.3) is 0 Å². The van der Waals surface area contributed by atoms with Crippen molar-refractivity contribution in [2.24, 2.45) is 0 Å². The third-order valence-corrected chi connectivity index (χ3v) is 3.88. The minimum atomic E-state index is -0.821. The van der Waals surface area contributed by atoms with Crippen molar-refractivity contribution in [3.63, 3.8) is 0 Å². The molecule has 0 aliphatic carbocycles. The van der Waals surface area contributed by atoms with Crippen molar-refractivity contribution >= 4 is 17.7 Å². The van der Waals surface area contributed by atoms with Gasteiger partial charge in [0.1, 0.15) is 17.4 Å². The summed E-state index contributed by atoms with van der Waals surface area (Å²) in [6.45, 7) is 3.79. The Hall–Kier alpha value is -1.36. The van der Waals surface area contributed by atoms with Crippen molar-refractivity contribution in [1.29, 1.82) is 0 Å². The van der Waals surface area contributed by atoms with Crippen LogP contribution in [-0.4, -0.2) is 24.1 Å². The van der Waals surface area contributed by atoms with Crippen molar-refractivity contribution in [1.82, 2.24) is 0 Å². The molecule has 18 heavy (non-hydrogen) atoms. The number of benzene rings is 1. The van der Waals surface area contributed by atoms with Crippen molar-refractivity contribution in [2.75, 3.05) is 13.0 Å². The third-order valence-electron chi connectivity index (χ3n) is 3.02. The summed E-state index contributed by atoms with van der Waals surface area (Å²) >= 11 is 1.61. The maximum absolute atomic E-state index is 10.9.